The highest BCUT2D eigenvalue weighted by atomic mass is 16.5. The van der Waals surface area contributed by atoms with E-state index in [1.54, 1.807) is 12.4 Å². The van der Waals surface area contributed by atoms with Crippen LogP contribution in [0, 0.1) is 0 Å². The average Bonchev–Trinajstić information content (AvgIpc) is 3.22. The van der Waals surface area contributed by atoms with Gasteiger partial charge in [-0.3, -0.25) is 19.5 Å². The summed E-state index contributed by atoms with van der Waals surface area (Å²) in [6.07, 6.45) is 8.14. The maximum absolute atomic E-state index is 13.1. The number of H-pyrrole nitrogens is 1. The first-order chi connectivity index (χ1) is 20.6. The standard InChI is InChI=1S/C32H35N7O3/c40-27(18-23-4-3-16-42-17-9-23)22-38-12-14-39(15-13-38)31(41)21-26-20-24-19-25(6-7-28(24)35-26)36-32-34-11-8-30(37-32)29-5-1-2-10-33-29/h1-2,4-8,10-11,19-20,35H,3,9,12-18,21-22H2,(H,34,36,37). The van der Waals surface area contributed by atoms with Crippen LogP contribution in [0.2, 0.25) is 0 Å². The van der Waals surface area contributed by atoms with Gasteiger partial charge in [-0.25, -0.2) is 9.97 Å². The number of nitrogens with zero attached hydrogens (tertiary/aromatic N) is 5. The molecule has 6 rings (SSSR count). The number of aromatic nitrogens is 4. The Hall–Kier alpha value is -4.41. The van der Waals surface area contributed by atoms with Gasteiger partial charge < -0.3 is 19.9 Å². The molecule has 10 nitrogen and oxygen atoms in total. The Morgan fingerprint density at radius 3 is 2.69 bits per heavy atom. The largest absolute Gasteiger partial charge is 0.381 e. The lowest BCUT2D eigenvalue weighted by Crippen LogP contribution is -2.50. The van der Waals surface area contributed by atoms with Gasteiger partial charge in [-0.05, 0) is 55.3 Å². The summed E-state index contributed by atoms with van der Waals surface area (Å²) in [5.74, 6) is 0.817. The summed E-state index contributed by atoms with van der Waals surface area (Å²) in [5, 5.41) is 4.28. The fraction of sp³-hybridized carbons (Fsp3) is 0.344. The molecule has 0 saturated carbocycles. The van der Waals surface area contributed by atoms with Gasteiger partial charge in [-0.15, -0.1) is 0 Å². The van der Waals surface area contributed by atoms with Crippen molar-refractivity contribution in [2.45, 2.75) is 25.7 Å². The molecule has 0 spiro atoms. The number of amides is 1. The van der Waals surface area contributed by atoms with E-state index >= 15 is 0 Å². The Bertz CT molecular complexity index is 1580. The van der Waals surface area contributed by atoms with Crippen molar-refractivity contribution >= 4 is 34.2 Å². The van der Waals surface area contributed by atoms with E-state index in [2.05, 4.69) is 36.2 Å². The van der Waals surface area contributed by atoms with E-state index in [9.17, 15) is 9.59 Å². The van der Waals surface area contributed by atoms with Gasteiger partial charge in [0.2, 0.25) is 11.9 Å². The predicted octanol–water partition coefficient (Wildman–Crippen LogP) is 4.15. The minimum atomic E-state index is 0.0919. The highest BCUT2D eigenvalue weighted by molar-refractivity contribution is 5.87. The molecule has 3 aromatic heterocycles. The summed E-state index contributed by atoms with van der Waals surface area (Å²) in [6, 6.07) is 15.5. The minimum Gasteiger partial charge on any atom is -0.381 e. The first kappa shape index (κ1) is 27.7. The number of pyridine rings is 1. The second-order valence-electron chi connectivity index (χ2n) is 10.8. The number of ether oxygens (including phenoxy) is 1. The van der Waals surface area contributed by atoms with Crippen molar-refractivity contribution in [3.8, 4) is 11.4 Å². The molecule has 0 radical (unpaired) electrons. The highest BCUT2D eigenvalue weighted by Gasteiger charge is 2.23. The molecular formula is C32H35N7O3. The van der Waals surface area contributed by atoms with Crippen molar-refractivity contribution in [1.82, 2.24) is 29.7 Å². The maximum atomic E-state index is 13.1. The number of piperazine rings is 1. The molecule has 0 bridgehead atoms. The Balaban J connectivity index is 1.01. The molecule has 42 heavy (non-hydrogen) atoms. The number of nitrogens with one attached hydrogen (secondary N) is 2. The van der Waals surface area contributed by atoms with E-state index in [0.29, 0.717) is 58.1 Å². The number of hydrogen-bond acceptors (Lipinski definition) is 8. The summed E-state index contributed by atoms with van der Waals surface area (Å²) in [5.41, 5.74) is 5.41. The summed E-state index contributed by atoms with van der Waals surface area (Å²) in [7, 11) is 0. The van der Waals surface area contributed by atoms with Crippen molar-refractivity contribution in [2.75, 3.05) is 51.3 Å². The fourth-order valence-electron chi connectivity index (χ4n) is 5.47. The molecule has 4 aromatic rings. The average molecular weight is 566 g/mol. The summed E-state index contributed by atoms with van der Waals surface area (Å²) < 4.78 is 5.47. The summed E-state index contributed by atoms with van der Waals surface area (Å²) in [6.45, 7) is 4.57. The monoisotopic (exact) mass is 565 g/mol. The molecule has 10 heteroatoms. The number of benzene rings is 1. The van der Waals surface area contributed by atoms with Gasteiger partial charge in [-0.2, -0.15) is 0 Å². The van der Waals surface area contributed by atoms with Crippen LogP contribution in [0.4, 0.5) is 11.6 Å². The molecule has 0 unspecified atom stereocenters. The third-order valence-electron chi connectivity index (χ3n) is 7.67. The number of hydrogen-bond donors (Lipinski definition) is 2. The molecule has 1 aromatic carbocycles. The van der Waals surface area contributed by atoms with E-state index < -0.39 is 0 Å². The van der Waals surface area contributed by atoms with Crippen molar-refractivity contribution in [3.05, 3.63) is 78.3 Å². The van der Waals surface area contributed by atoms with Crippen LogP contribution in [-0.2, 0) is 20.7 Å². The van der Waals surface area contributed by atoms with Crippen LogP contribution in [0.15, 0.2) is 72.6 Å². The fourth-order valence-corrected chi connectivity index (χ4v) is 5.47. The Morgan fingerprint density at radius 2 is 1.83 bits per heavy atom. The van der Waals surface area contributed by atoms with Crippen LogP contribution in [0.25, 0.3) is 22.3 Å². The number of anilines is 2. The normalized spacial score (nSPS) is 16.2. The molecule has 2 N–H and O–H groups in total. The van der Waals surface area contributed by atoms with Gasteiger partial charge in [-0.1, -0.05) is 17.7 Å². The minimum absolute atomic E-state index is 0.0919. The van der Waals surface area contributed by atoms with Crippen LogP contribution in [0.3, 0.4) is 0 Å². The third-order valence-corrected chi connectivity index (χ3v) is 7.67. The number of aromatic amines is 1. The topological polar surface area (TPSA) is 116 Å². The second-order valence-corrected chi connectivity index (χ2v) is 10.8. The van der Waals surface area contributed by atoms with Gasteiger partial charge in [0, 0.05) is 67.3 Å². The van der Waals surface area contributed by atoms with Gasteiger partial charge in [0.15, 0.2) is 5.78 Å². The van der Waals surface area contributed by atoms with Crippen molar-refractivity contribution in [2.24, 2.45) is 0 Å². The number of carbonyl (C=O) groups is 2. The maximum Gasteiger partial charge on any atom is 0.228 e. The smallest absolute Gasteiger partial charge is 0.228 e. The highest BCUT2D eigenvalue weighted by Crippen LogP contribution is 2.24. The van der Waals surface area contributed by atoms with E-state index in [1.165, 1.54) is 5.57 Å². The third kappa shape index (κ3) is 7.07. The van der Waals surface area contributed by atoms with Crippen molar-refractivity contribution in [1.29, 1.82) is 0 Å². The number of ketones is 1. The zero-order valence-corrected chi connectivity index (χ0v) is 23.6. The molecule has 0 aliphatic carbocycles. The molecule has 5 heterocycles. The number of Topliss-reactive ketones (excluding diaryl/α,β-unsaturated/α-hetero) is 1. The molecule has 1 saturated heterocycles. The molecule has 2 aliphatic rings. The van der Waals surface area contributed by atoms with E-state index in [-0.39, 0.29) is 11.7 Å². The molecule has 216 valence electrons. The lowest BCUT2D eigenvalue weighted by atomic mass is 10.1. The van der Waals surface area contributed by atoms with Crippen LogP contribution in [0.5, 0.6) is 0 Å². The quantitative estimate of drug-likeness (QED) is 0.291. The van der Waals surface area contributed by atoms with E-state index in [4.69, 9.17) is 4.74 Å². The Morgan fingerprint density at radius 1 is 0.929 bits per heavy atom. The zero-order valence-electron chi connectivity index (χ0n) is 23.6. The first-order valence-electron chi connectivity index (χ1n) is 14.5. The van der Waals surface area contributed by atoms with Gasteiger partial charge in [0.05, 0.1) is 37.6 Å². The zero-order chi connectivity index (χ0) is 28.7. The summed E-state index contributed by atoms with van der Waals surface area (Å²) in [4.78, 5) is 46.4. The van der Waals surface area contributed by atoms with Gasteiger partial charge >= 0.3 is 0 Å². The lowest BCUT2D eigenvalue weighted by Gasteiger charge is -2.34. The molecule has 0 atom stereocenters. The first-order valence-corrected chi connectivity index (χ1v) is 14.5. The number of fused-ring (bicyclic) bond motifs is 1. The molecule has 2 aliphatic heterocycles. The molecule has 1 amide bonds. The Labute approximate surface area is 244 Å². The van der Waals surface area contributed by atoms with Crippen LogP contribution in [0.1, 0.15) is 25.0 Å². The van der Waals surface area contributed by atoms with E-state index in [0.717, 1.165) is 53.1 Å². The van der Waals surface area contributed by atoms with Crippen LogP contribution >= 0.6 is 0 Å². The summed E-state index contributed by atoms with van der Waals surface area (Å²) >= 11 is 0. The van der Waals surface area contributed by atoms with Gasteiger partial charge in [0.1, 0.15) is 0 Å². The number of rotatable bonds is 9. The molecular weight excluding hydrogens is 530 g/mol. The van der Waals surface area contributed by atoms with Gasteiger partial charge in [0.25, 0.3) is 0 Å². The lowest BCUT2D eigenvalue weighted by molar-refractivity contribution is -0.132. The molecule has 1 fully saturated rings. The SMILES string of the molecule is O=C(CC1=CCCOCC1)CN1CCN(C(=O)Cc2cc3cc(Nc4nccc(-c5ccccn5)n4)ccc3[nH]2)CC1. The Kier molecular flexibility index (Phi) is 8.62. The second kappa shape index (κ2) is 13.1. The van der Waals surface area contributed by atoms with Crippen molar-refractivity contribution < 1.29 is 14.3 Å². The predicted molar refractivity (Wildman–Crippen MR) is 161 cm³/mol. The number of carbonyl (C=O) groups excluding carboxylic acids is 2. The van der Waals surface area contributed by atoms with Crippen LogP contribution < -0.4 is 5.32 Å². The van der Waals surface area contributed by atoms with Crippen LogP contribution in [-0.4, -0.2) is 87.4 Å². The van der Waals surface area contributed by atoms with Crippen molar-refractivity contribution in [3.63, 3.8) is 0 Å². The van der Waals surface area contributed by atoms with E-state index in [1.807, 2.05) is 53.4 Å².